The zero-order valence-corrected chi connectivity index (χ0v) is 12.2. The van der Waals surface area contributed by atoms with Gasteiger partial charge in [0.2, 0.25) is 9.05 Å². The Morgan fingerprint density at radius 2 is 1.88 bits per heavy atom. The second-order valence-electron chi connectivity index (χ2n) is 5.15. The monoisotopic (exact) mass is 282 g/mol. The summed E-state index contributed by atoms with van der Waals surface area (Å²) in [6, 6.07) is 0. The molecule has 17 heavy (non-hydrogen) atoms. The van der Waals surface area contributed by atoms with E-state index < -0.39 is 9.05 Å². The van der Waals surface area contributed by atoms with Crippen LogP contribution in [0.5, 0.6) is 0 Å². The molecular weight excluding hydrogens is 260 g/mol. The van der Waals surface area contributed by atoms with E-state index in [0.717, 1.165) is 45.1 Å². The molecule has 0 unspecified atom stereocenters. The molecule has 0 bridgehead atoms. The highest BCUT2D eigenvalue weighted by atomic mass is 35.7. The standard InChI is InChI=1S/C12H23ClO3S/c1-2-3-9-16-10-12(11-17(13,14)15)7-5-4-6-8-12/h2-11H2,1H3. The third-order valence-corrected chi connectivity index (χ3v) is 4.73. The molecule has 0 aromatic carbocycles. The van der Waals surface area contributed by atoms with Crippen molar-refractivity contribution in [3.05, 3.63) is 0 Å². The van der Waals surface area contributed by atoms with Crippen LogP contribution < -0.4 is 0 Å². The van der Waals surface area contributed by atoms with Gasteiger partial charge in [-0.2, -0.15) is 0 Å². The predicted molar refractivity (Wildman–Crippen MR) is 70.9 cm³/mol. The zero-order chi connectivity index (χ0) is 12.8. The summed E-state index contributed by atoms with van der Waals surface area (Å²) in [4.78, 5) is 0. The Bertz CT molecular complexity index is 308. The molecule has 102 valence electrons. The summed E-state index contributed by atoms with van der Waals surface area (Å²) >= 11 is 0. The minimum absolute atomic E-state index is 0.0632. The number of halogens is 1. The van der Waals surface area contributed by atoms with Crippen molar-refractivity contribution in [1.29, 1.82) is 0 Å². The lowest BCUT2D eigenvalue weighted by molar-refractivity contribution is 0.0322. The fourth-order valence-electron chi connectivity index (χ4n) is 2.53. The molecule has 5 heteroatoms. The topological polar surface area (TPSA) is 43.4 Å². The predicted octanol–water partition coefficient (Wildman–Crippen LogP) is 3.32. The molecule has 1 rings (SSSR count). The summed E-state index contributed by atoms with van der Waals surface area (Å²) in [5.74, 6) is 0.0632. The van der Waals surface area contributed by atoms with Gasteiger partial charge in [-0.25, -0.2) is 8.42 Å². The molecule has 0 saturated heterocycles. The highest BCUT2D eigenvalue weighted by Crippen LogP contribution is 2.38. The van der Waals surface area contributed by atoms with Gasteiger partial charge < -0.3 is 4.74 Å². The third kappa shape index (κ3) is 6.07. The Morgan fingerprint density at radius 3 is 2.41 bits per heavy atom. The van der Waals surface area contributed by atoms with E-state index in [-0.39, 0.29) is 11.2 Å². The largest absolute Gasteiger partial charge is 0.381 e. The quantitative estimate of drug-likeness (QED) is 0.531. The molecule has 1 aliphatic carbocycles. The van der Waals surface area contributed by atoms with Crippen LogP contribution in [-0.2, 0) is 13.8 Å². The van der Waals surface area contributed by atoms with Crippen LogP contribution in [0.3, 0.4) is 0 Å². The van der Waals surface area contributed by atoms with E-state index in [1.54, 1.807) is 0 Å². The van der Waals surface area contributed by atoms with Gasteiger partial charge in [0.25, 0.3) is 0 Å². The van der Waals surface area contributed by atoms with Crippen LogP contribution in [0.2, 0.25) is 0 Å². The lowest BCUT2D eigenvalue weighted by Crippen LogP contribution is -2.35. The van der Waals surface area contributed by atoms with Crippen LogP contribution in [0.15, 0.2) is 0 Å². The van der Waals surface area contributed by atoms with E-state index in [1.165, 1.54) is 6.42 Å². The molecule has 1 aliphatic rings. The molecule has 1 fully saturated rings. The van der Waals surface area contributed by atoms with E-state index in [1.807, 2.05) is 0 Å². The molecule has 0 spiro atoms. The lowest BCUT2D eigenvalue weighted by Gasteiger charge is -2.35. The molecule has 0 amide bonds. The summed E-state index contributed by atoms with van der Waals surface area (Å²) in [6.07, 6.45) is 7.34. The maximum absolute atomic E-state index is 11.3. The number of rotatable bonds is 7. The first-order valence-corrected chi connectivity index (χ1v) is 8.95. The Balaban J connectivity index is 2.52. The lowest BCUT2D eigenvalue weighted by atomic mass is 9.76. The fraction of sp³-hybridized carbons (Fsp3) is 1.00. The van der Waals surface area contributed by atoms with Crippen molar-refractivity contribution in [3.8, 4) is 0 Å². The van der Waals surface area contributed by atoms with E-state index in [0.29, 0.717) is 6.61 Å². The smallest absolute Gasteiger partial charge is 0.233 e. The molecule has 0 N–H and O–H groups in total. The van der Waals surface area contributed by atoms with Gasteiger partial charge in [-0.05, 0) is 19.3 Å². The van der Waals surface area contributed by atoms with Crippen molar-refractivity contribution in [2.75, 3.05) is 19.0 Å². The first kappa shape index (κ1) is 15.3. The highest BCUT2D eigenvalue weighted by Gasteiger charge is 2.36. The van der Waals surface area contributed by atoms with Crippen molar-refractivity contribution < 1.29 is 13.2 Å². The van der Waals surface area contributed by atoms with Crippen molar-refractivity contribution in [2.45, 2.75) is 51.9 Å². The van der Waals surface area contributed by atoms with Crippen LogP contribution in [0.1, 0.15) is 51.9 Å². The Labute approximate surface area is 109 Å². The molecule has 0 radical (unpaired) electrons. The van der Waals surface area contributed by atoms with Gasteiger partial charge in [-0.15, -0.1) is 0 Å². The van der Waals surface area contributed by atoms with E-state index >= 15 is 0 Å². The summed E-state index contributed by atoms with van der Waals surface area (Å²) in [7, 11) is 1.98. The Kier molecular flexibility index (Phi) is 6.24. The van der Waals surface area contributed by atoms with Crippen LogP contribution in [-0.4, -0.2) is 27.4 Å². The van der Waals surface area contributed by atoms with Gasteiger partial charge in [0.15, 0.2) is 0 Å². The number of unbranched alkanes of at least 4 members (excludes halogenated alkanes) is 1. The molecule has 0 aliphatic heterocycles. The van der Waals surface area contributed by atoms with Gasteiger partial charge in [0.05, 0.1) is 12.4 Å². The molecule has 0 aromatic heterocycles. The first-order valence-electron chi connectivity index (χ1n) is 6.47. The maximum atomic E-state index is 11.3. The van der Waals surface area contributed by atoms with E-state index in [2.05, 4.69) is 6.92 Å². The van der Waals surface area contributed by atoms with Crippen LogP contribution in [0, 0.1) is 5.41 Å². The minimum atomic E-state index is -3.43. The summed E-state index contributed by atoms with van der Waals surface area (Å²) in [6.45, 7) is 3.38. The summed E-state index contributed by atoms with van der Waals surface area (Å²) in [5, 5.41) is 0. The van der Waals surface area contributed by atoms with Gasteiger partial charge in [0.1, 0.15) is 0 Å². The van der Waals surface area contributed by atoms with Crippen LogP contribution in [0.4, 0.5) is 0 Å². The minimum Gasteiger partial charge on any atom is -0.381 e. The molecule has 0 atom stereocenters. The first-order chi connectivity index (χ1) is 7.97. The van der Waals surface area contributed by atoms with E-state index in [4.69, 9.17) is 15.4 Å². The molecule has 0 heterocycles. The molecule has 1 saturated carbocycles. The Hall–Kier alpha value is 0.200. The summed E-state index contributed by atoms with van der Waals surface area (Å²) in [5.41, 5.74) is -0.230. The van der Waals surface area contributed by atoms with Crippen molar-refractivity contribution in [2.24, 2.45) is 5.41 Å². The average Bonchev–Trinajstić information content (AvgIpc) is 2.23. The zero-order valence-electron chi connectivity index (χ0n) is 10.6. The van der Waals surface area contributed by atoms with Crippen molar-refractivity contribution in [3.63, 3.8) is 0 Å². The molecule has 0 aromatic rings. The second-order valence-corrected chi connectivity index (χ2v) is 7.93. The SMILES string of the molecule is CCCCOCC1(CS(=O)(=O)Cl)CCCCC1. The Morgan fingerprint density at radius 1 is 1.24 bits per heavy atom. The highest BCUT2D eigenvalue weighted by molar-refractivity contribution is 8.13. The van der Waals surface area contributed by atoms with Gasteiger partial charge in [-0.1, -0.05) is 32.6 Å². The van der Waals surface area contributed by atoms with E-state index in [9.17, 15) is 8.42 Å². The number of ether oxygens (including phenoxy) is 1. The fourth-order valence-corrected chi connectivity index (χ4v) is 4.33. The second kappa shape index (κ2) is 6.95. The number of hydrogen-bond donors (Lipinski definition) is 0. The maximum Gasteiger partial charge on any atom is 0.233 e. The third-order valence-electron chi connectivity index (χ3n) is 3.44. The van der Waals surface area contributed by atoms with Crippen molar-refractivity contribution in [1.82, 2.24) is 0 Å². The molecular formula is C12H23ClO3S. The van der Waals surface area contributed by atoms with Gasteiger partial charge >= 0.3 is 0 Å². The molecule has 3 nitrogen and oxygen atoms in total. The normalized spacial score (nSPS) is 20.4. The average molecular weight is 283 g/mol. The number of hydrogen-bond acceptors (Lipinski definition) is 3. The van der Waals surface area contributed by atoms with Gasteiger partial charge in [-0.3, -0.25) is 0 Å². The van der Waals surface area contributed by atoms with Crippen molar-refractivity contribution >= 4 is 19.7 Å². The van der Waals surface area contributed by atoms with Crippen LogP contribution >= 0.6 is 10.7 Å². The summed E-state index contributed by atoms with van der Waals surface area (Å²) < 4.78 is 28.2. The van der Waals surface area contributed by atoms with Gasteiger partial charge in [0, 0.05) is 22.7 Å². The van der Waals surface area contributed by atoms with Crippen LogP contribution in [0.25, 0.3) is 0 Å².